The number of carbonyl (C=O) groups is 1. The highest BCUT2D eigenvalue weighted by atomic mass is 16.5. The fraction of sp³-hybridized carbons (Fsp3) is 0.250. The quantitative estimate of drug-likeness (QED) is 0.332. The van der Waals surface area contributed by atoms with Crippen molar-refractivity contribution in [3.8, 4) is 0 Å². The molecule has 0 saturated carbocycles. The summed E-state index contributed by atoms with van der Waals surface area (Å²) in [6.07, 6.45) is 6.19. The van der Waals surface area contributed by atoms with E-state index in [9.17, 15) is 4.79 Å². The Balaban J connectivity index is 2.64. The summed E-state index contributed by atoms with van der Waals surface area (Å²) in [7, 11) is 1.48. The van der Waals surface area contributed by atoms with E-state index in [1.165, 1.54) is 13.2 Å². The first kappa shape index (κ1) is 12.1. The van der Waals surface area contributed by atoms with E-state index in [-0.39, 0.29) is 0 Å². The minimum Gasteiger partial charge on any atom is -0.496 e. The molecule has 1 heterocycles. The number of carbonyl (C=O) groups excluding carboxylic acids is 1. The van der Waals surface area contributed by atoms with Crippen molar-refractivity contribution in [2.75, 3.05) is 13.7 Å². The van der Waals surface area contributed by atoms with Crippen molar-refractivity contribution in [1.29, 1.82) is 0 Å². The molecule has 0 fully saturated rings. The van der Waals surface area contributed by atoms with Gasteiger partial charge in [-0.1, -0.05) is 0 Å². The van der Waals surface area contributed by atoms with E-state index in [0.717, 1.165) is 0 Å². The zero-order valence-electron chi connectivity index (χ0n) is 9.30. The lowest BCUT2D eigenvalue weighted by atomic mass is 10.3. The van der Waals surface area contributed by atoms with Crippen molar-refractivity contribution in [3.63, 3.8) is 0 Å². The second-order valence-electron chi connectivity index (χ2n) is 2.85. The van der Waals surface area contributed by atoms with Gasteiger partial charge in [0.25, 0.3) is 0 Å². The van der Waals surface area contributed by atoms with Crippen molar-refractivity contribution in [2.45, 2.75) is 6.92 Å². The molecule has 1 rings (SSSR count). The lowest BCUT2D eigenvalue weighted by molar-refractivity contribution is -0.137. The third kappa shape index (κ3) is 4.04. The molecule has 0 saturated heterocycles. The molecule has 0 atom stereocenters. The Hall–Kier alpha value is -1.97. The summed E-state index contributed by atoms with van der Waals surface area (Å²) in [5, 5.41) is 0. The monoisotopic (exact) mass is 222 g/mol. The van der Waals surface area contributed by atoms with Gasteiger partial charge in [-0.3, -0.25) is 0 Å². The van der Waals surface area contributed by atoms with Crippen LogP contribution in [0.4, 0.5) is 0 Å². The Morgan fingerprint density at radius 3 is 2.94 bits per heavy atom. The molecule has 0 bridgehead atoms. The molecular formula is C12H14O4. The molecule has 0 N–H and O–H groups in total. The average molecular weight is 222 g/mol. The van der Waals surface area contributed by atoms with Gasteiger partial charge in [-0.05, 0) is 31.2 Å². The number of rotatable bonds is 5. The second kappa shape index (κ2) is 6.50. The van der Waals surface area contributed by atoms with Gasteiger partial charge < -0.3 is 13.9 Å². The number of allylic oxidation sites excluding steroid dienone is 1. The molecule has 0 unspecified atom stereocenters. The SMILES string of the molecule is CCOC(=O)/C=C(\C=C\c1ccco1)OC. The molecule has 16 heavy (non-hydrogen) atoms. The summed E-state index contributed by atoms with van der Waals surface area (Å²) in [5.74, 6) is 0.671. The number of methoxy groups -OCH3 is 1. The maximum Gasteiger partial charge on any atom is 0.334 e. The molecular weight excluding hydrogens is 208 g/mol. The predicted octanol–water partition coefficient (Wildman–Crippen LogP) is 2.39. The van der Waals surface area contributed by atoms with Crippen molar-refractivity contribution >= 4 is 12.0 Å². The fourth-order valence-electron chi connectivity index (χ4n) is 1.03. The van der Waals surface area contributed by atoms with Gasteiger partial charge in [0.1, 0.15) is 11.5 Å². The van der Waals surface area contributed by atoms with Crippen molar-refractivity contribution in [3.05, 3.63) is 42.1 Å². The van der Waals surface area contributed by atoms with Gasteiger partial charge in [0.2, 0.25) is 0 Å². The number of esters is 1. The number of ether oxygens (including phenoxy) is 2. The van der Waals surface area contributed by atoms with Gasteiger partial charge >= 0.3 is 5.97 Å². The summed E-state index contributed by atoms with van der Waals surface area (Å²) in [5.41, 5.74) is 0. The largest absolute Gasteiger partial charge is 0.496 e. The van der Waals surface area contributed by atoms with Crippen molar-refractivity contribution < 1.29 is 18.7 Å². The van der Waals surface area contributed by atoms with Gasteiger partial charge in [-0.15, -0.1) is 0 Å². The van der Waals surface area contributed by atoms with Crippen LogP contribution in [0.2, 0.25) is 0 Å². The van der Waals surface area contributed by atoms with E-state index >= 15 is 0 Å². The maximum absolute atomic E-state index is 11.1. The molecule has 4 nitrogen and oxygen atoms in total. The highest BCUT2D eigenvalue weighted by molar-refractivity contribution is 5.83. The third-order valence-electron chi connectivity index (χ3n) is 1.74. The van der Waals surface area contributed by atoms with Gasteiger partial charge in [-0.25, -0.2) is 4.79 Å². The van der Waals surface area contributed by atoms with Crippen LogP contribution in [0.1, 0.15) is 12.7 Å². The molecule has 0 spiro atoms. The fourth-order valence-corrected chi connectivity index (χ4v) is 1.03. The lowest BCUT2D eigenvalue weighted by Crippen LogP contribution is -2.01. The van der Waals surface area contributed by atoms with Crippen LogP contribution in [0, 0.1) is 0 Å². The molecule has 1 aromatic heterocycles. The molecule has 4 heteroatoms. The Kier molecular flexibility index (Phi) is 4.92. The van der Waals surface area contributed by atoms with Gasteiger partial charge in [-0.2, -0.15) is 0 Å². The van der Waals surface area contributed by atoms with Crippen LogP contribution in [0.25, 0.3) is 6.08 Å². The number of hydrogen-bond acceptors (Lipinski definition) is 4. The first-order valence-corrected chi connectivity index (χ1v) is 4.90. The number of hydrogen-bond donors (Lipinski definition) is 0. The highest BCUT2D eigenvalue weighted by Gasteiger charge is 1.99. The minimum absolute atomic E-state index is 0.341. The molecule has 1 aromatic rings. The molecule has 0 aliphatic carbocycles. The summed E-state index contributed by atoms with van der Waals surface area (Å²) in [4.78, 5) is 11.1. The van der Waals surface area contributed by atoms with Crippen LogP contribution in [0.5, 0.6) is 0 Å². The van der Waals surface area contributed by atoms with E-state index in [4.69, 9.17) is 13.9 Å². The van der Waals surface area contributed by atoms with Crippen molar-refractivity contribution in [1.82, 2.24) is 0 Å². The van der Waals surface area contributed by atoms with Gasteiger partial charge in [0.15, 0.2) is 0 Å². The Morgan fingerprint density at radius 1 is 1.56 bits per heavy atom. The summed E-state index contributed by atoms with van der Waals surface area (Å²) >= 11 is 0. The van der Waals surface area contributed by atoms with Crippen LogP contribution in [-0.4, -0.2) is 19.7 Å². The van der Waals surface area contributed by atoms with Gasteiger partial charge in [0, 0.05) is 0 Å². The van der Waals surface area contributed by atoms with E-state index in [1.807, 2.05) is 0 Å². The average Bonchev–Trinajstić information content (AvgIpc) is 2.77. The topological polar surface area (TPSA) is 48.7 Å². The highest BCUT2D eigenvalue weighted by Crippen LogP contribution is 2.06. The molecule has 86 valence electrons. The Morgan fingerprint density at radius 2 is 2.38 bits per heavy atom. The maximum atomic E-state index is 11.1. The summed E-state index contributed by atoms with van der Waals surface area (Å²) < 4.78 is 14.9. The predicted molar refractivity (Wildman–Crippen MR) is 59.5 cm³/mol. The summed E-state index contributed by atoms with van der Waals surface area (Å²) in [6.45, 7) is 2.09. The zero-order valence-corrected chi connectivity index (χ0v) is 9.30. The normalized spacial score (nSPS) is 11.8. The first-order valence-electron chi connectivity index (χ1n) is 4.90. The number of furan rings is 1. The second-order valence-corrected chi connectivity index (χ2v) is 2.85. The lowest BCUT2D eigenvalue weighted by Gasteiger charge is -2.00. The van der Waals surface area contributed by atoms with Crippen LogP contribution in [0.15, 0.2) is 40.7 Å². The molecule has 0 aliphatic rings. The van der Waals surface area contributed by atoms with E-state index in [1.54, 1.807) is 37.5 Å². The van der Waals surface area contributed by atoms with Crippen LogP contribution in [0.3, 0.4) is 0 Å². The first-order chi connectivity index (χ1) is 7.76. The molecule has 0 radical (unpaired) electrons. The van der Waals surface area contributed by atoms with E-state index in [2.05, 4.69) is 0 Å². The molecule has 0 aliphatic heterocycles. The van der Waals surface area contributed by atoms with Crippen LogP contribution in [-0.2, 0) is 14.3 Å². The minimum atomic E-state index is -0.427. The van der Waals surface area contributed by atoms with Crippen LogP contribution >= 0.6 is 0 Å². The summed E-state index contributed by atoms with van der Waals surface area (Å²) in [6, 6.07) is 3.58. The zero-order chi connectivity index (χ0) is 11.8. The van der Waals surface area contributed by atoms with E-state index in [0.29, 0.717) is 18.1 Å². The molecule has 0 aromatic carbocycles. The standard InChI is InChI=1S/C12H14O4/c1-3-15-12(13)9-11(14-2)7-6-10-5-4-8-16-10/h4-9H,3H2,1-2H3/b7-6+,11-9+. The molecule has 0 amide bonds. The van der Waals surface area contributed by atoms with Crippen LogP contribution < -0.4 is 0 Å². The smallest absolute Gasteiger partial charge is 0.334 e. The van der Waals surface area contributed by atoms with Crippen molar-refractivity contribution in [2.24, 2.45) is 0 Å². The Labute approximate surface area is 94.2 Å². The third-order valence-corrected chi connectivity index (χ3v) is 1.74. The van der Waals surface area contributed by atoms with E-state index < -0.39 is 5.97 Å². The van der Waals surface area contributed by atoms with Gasteiger partial charge in [0.05, 0.1) is 26.1 Å². The Bertz CT molecular complexity index is 374.